The third-order valence-corrected chi connectivity index (χ3v) is 1.73. The first-order valence-electron chi connectivity index (χ1n) is 5.09. The second-order valence-electron chi connectivity index (χ2n) is 2.89. The number of carbonyl (C=O) groups excluding carboxylic acids is 2. The number of halogens is 3. The third-order valence-electron chi connectivity index (χ3n) is 1.73. The Labute approximate surface area is 97.4 Å². The van der Waals surface area contributed by atoms with E-state index >= 15 is 0 Å². The van der Waals surface area contributed by atoms with E-state index in [0.29, 0.717) is 0 Å². The maximum Gasteiger partial charge on any atom is 0.450 e. The first-order valence-corrected chi connectivity index (χ1v) is 5.09. The van der Waals surface area contributed by atoms with Crippen molar-refractivity contribution in [2.75, 3.05) is 0 Å². The first kappa shape index (κ1) is 15.4. The lowest BCUT2D eigenvalue weighted by molar-refractivity contribution is -0.170. The standard InChI is InChI=1S/C10H7F3O2.C2H6/c11-10(12,13)9(15)6-8(14)7-4-2-1-3-5-7;1-2/h1-5H,6H2;1-2H3. The fraction of sp³-hybridized carbons (Fsp3) is 0.333. The normalized spacial score (nSPS) is 10.2. The zero-order chi connectivity index (χ0) is 13.5. The molecule has 0 bridgehead atoms. The maximum atomic E-state index is 11.8. The van der Waals surface area contributed by atoms with Crippen LogP contribution >= 0.6 is 0 Å². The van der Waals surface area contributed by atoms with Crippen molar-refractivity contribution in [2.45, 2.75) is 26.4 Å². The molecular formula is C12H13F3O2. The number of alkyl halides is 3. The van der Waals surface area contributed by atoms with Crippen LogP contribution in [0.3, 0.4) is 0 Å². The van der Waals surface area contributed by atoms with Gasteiger partial charge in [-0.1, -0.05) is 44.2 Å². The van der Waals surface area contributed by atoms with E-state index in [9.17, 15) is 22.8 Å². The molecular weight excluding hydrogens is 233 g/mol. The van der Waals surface area contributed by atoms with E-state index in [4.69, 9.17) is 0 Å². The SMILES string of the molecule is CC.O=C(CC(=O)C(F)(F)F)c1ccccc1. The Kier molecular flexibility index (Phi) is 6.17. The van der Waals surface area contributed by atoms with E-state index in [2.05, 4.69) is 0 Å². The molecule has 5 heteroatoms. The first-order chi connectivity index (χ1) is 7.91. The molecule has 0 atom stereocenters. The Hall–Kier alpha value is -1.65. The highest BCUT2D eigenvalue weighted by Gasteiger charge is 2.39. The van der Waals surface area contributed by atoms with E-state index in [1.807, 2.05) is 13.8 Å². The lowest BCUT2D eigenvalue weighted by Crippen LogP contribution is -2.25. The molecule has 0 N–H and O–H groups in total. The lowest BCUT2D eigenvalue weighted by Gasteiger charge is -2.03. The molecule has 1 aromatic rings. The van der Waals surface area contributed by atoms with Crippen LogP contribution in [0.15, 0.2) is 30.3 Å². The summed E-state index contributed by atoms with van der Waals surface area (Å²) in [5, 5.41) is 0. The third kappa shape index (κ3) is 5.29. The summed E-state index contributed by atoms with van der Waals surface area (Å²) in [4.78, 5) is 21.7. The Morgan fingerprint density at radius 3 is 1.94 bits per heavy atom. The largest absolute Gasteiger partial charge is 0.450 e. The second-order valence-corrected chi connectivity index (χ2v) is 2.89. The van der Waals surface area contributed by atoms with Gasteiger partial charge in [0.25, 0.3) is 0 Å². The molecule has 0 radical (unpaired) electrons. The Balaban J connectivity index is 0.00000121. The molecule has 0 aliphatic carbocycles. The zero-order valence-electron chi connectivity index (χ0n) is 9.54. The molecule has 1 aromatic carbocycles. The molecule has 0 amide bonds. The maximum absolute atomic E-state index is 11.8. The summed E-state index contributed by atoms with van der Waals surface area (Å²) in [5.41, 5.74) is 0.107. The minimum atomic E-state index is -4.94. The minimum absolute atomic E-state index is 0.107. The van der Waals surface area contributed by atoms with E-state index < -0.39 is 24.2 Å². The van der Waals surface area contributed by atoms with Crippen molar-refractivity contribution in [1.82, 2.24) is 0 Å². The van der Waals surface area contributed by atoms with Gasteiger partial charge in [0, 0.05) is 5.56 Å². The lowest BCUT2D eigenvalue weighted by atomic mass is 10.1. The number of hydrogen-bond donors (Lipinski definition) is 0. The van der Waals surface area contributed by atoms with Gasteiger partial charge in [-0.25, -0.2) is 0 Å². The number of carbonyl (C=O) groups is 2. The number of hydrogen-bond acceptors (Lipinski definition) is 2. The predicted octanol–water partition coefficient (Wildman–Crippen LogP) is 3.42. The molecule has 0 saturated heterocycles. The van der Waals surface area contributed by atoms with Gasteiger partial charge in [-0.2, -0.15) is 13.2 Å². The molecule has 1 rings (SSSR count). The Morgan fingerprint density at radius 1 is 1.06 bits per heavy atom. The van der Waals surface area contributed by atoms with Gasteiger partial charge >= 0.3 is 6.18 Å². The molecule has 0 heterocycles. The van der Waals surface area contributed by atoms with Crippen molar-refractivity contribution in [1.29, 1.82) is 0 Å². The van der Waals surface area contributed by atoms with Gasteiger partial charge in [0.05, 0.1) is 6.42 Å². The average Bonchev–Trinajstić information content (AvgIpc) is 2.31. The zero-order valence-corrected chi connectivity index (χ0v) is 9.54. The minimum Gasteiger partial charge on any atom is -0.294 e. The van der Waals surface area contributed by atoms with Gasteiger partial charge in [0.2, 0.25) is 5.78 Å². The summed E-state index contributed by atoms with van der Waals surface area (Å²) < 4.78 is 35.5. The molecule has 2 nitrogen and oxygen atoms in total. The van der Waals surface area contributed by atoms with Crippen LogP contribution in [0, 0.1) is 0 Å². The van der Waals surface area contributed by atoms with Gasteiger partial charge in [-0.3, -0.25) is 9.59 Å². The van der Waals surface area contributed by atoms with Crippen LogP contribution < -0.4 is 0 Å². The van der Waals surface area contributed by atoms with E-state index in [-0.39, 0.29) is 5.56 Å². The van der Waals surface area contributed by atoms with Crippen molar-refractivity contribution >= 4 is 11.6 Å². The highest BCUT2D eigenvalue weighted by atomic mass is 19.4. The number of Topliss-reactive ketones (excluding diaryl/α,β-unsaturated/α-hetero) is 2. The predicted molar refractivity (Wildman–Crippen MR) is 57.8 cm³/mol. The summed E-state index contributed by atoms with van der Waals surface area (Å²) in [6.07, 6.45) is -6.07. The molecule has 0 aromatic heterocycles. The highest BCUT2D eigenvalue weighted by molar-refractivity contribution is 6.09. The highest BCUT2D eigenvalue weighted by Crippen LogP contribution is 2.19. The monoisotopic (exact) mass is 246 g/mol. The van der Waals surface area contributed by atoms with Gasteiger partial charge in [0.1, 0.15) is 0 Å². The Bertz CT molecular complexity index is 369. The van der Waals surface area contributed by atoms with Crippen LogP contribution in [0.1, 0.15) is 30.6 Å². The van der Waals surface area contributed by atoms with Gasteiger partial charge in [-0.05, 0) is 0 Å². The number of rotatable bonds is 3. The topological polar surface area (TPSA) is 34.1 Å². The van der Waals surface area contributed by atoms with Gasteiger partial charge in [-0.15, -0.1) is 0 Å². The van der Waals surface area contributed by atoms with Crippen LogP contribution in [0.4, 0.5) is 13.2 Å². The molecule has 0 saturated carbocycles. The molecule has 0 aliphatic rings. The fourth-order valence-electron chi connectivity index (χ4n) is 0.972. The molecule has 17 heavy (non-hydrogen) atoms. The van der Waals surface area contributed by atoms with Crippen molar-refractivity contribution in [2.24, 2.45) is 0 Å². The van der Waals surface area contributed by atoms with Gasteiger partial charge < -0.3 is 0 Å². The summed E-state index contributed by atoms with van der Waals surface area (Å²) in [7, 11) is 0. The Morgan fingerprint density at radius 2 is 1.53 bits per heavy atom. The van der Waals surface area contributed by atoms with Crippen LogP contribution in [-0.2, 0) is 4.79 Å². The van der Waals surface area contributed by atoms with Crippen LogP contribution in [0.5, 0.6) is 0 Å². The van der Waals surface area contributed by atoms with E-state index in [1.165, 1.54) is 24.3 Å². The van der Waals surface area contributed by atoms with Crippen LogP contribution in [0.25, 0.3) is 0 Å². The molecule has 0 aliphatic heterocycles. The summed E-state index contributed by atoms with van der Waals surface area (Å²) >= 11 is 0. The van der Waals surface area contributed by atoms with E-state index in [1.54, 1.807) is 6.07 Å². The molecule has 0 unspecified atom stereocenters. The summed E-state index contributed by atoms with van der Waals surface area (Å²) in [6.45, 7) is 4.00. The van der Waals surface area contributed by atoms with Crippen molar-refractivity contribution in [3.8, 4) is 0 Å². The smallest absolute Gasteiger partial charge is 0.294 e. The van der Waals surface area contributed by atoms with Crippen molar-refractivity contribution in [3.63, 3.8) is 0 Å². The number of benzene rings is 1. The van der Waals surface area contributed by atoms with Crippen LogP contribution in [0.2, 0.25) is 0 Å². The fourth-order valence-corrected chi connectivity index (χ4v) is 0.972. The quantitative estimate of drug-likeness (QED) is 0.605. The number of ketones is 2. The summed E-state index contributed by atoms with van der Waals surface area (Å²) in [5.74, 6) is -2.84. The van der Waals surface area contributed by atoms with Crippen molar-refractivity contribution < 1.29 is 22.8 Å². The van der Waals surface area contributed by atoms with Crippen LogP contribution in [-0.4, -0.2) is 17.7 Å². The van der Waals surface area contributed by atoms with E-state index in [0.717, 1.165) is 0 Å². The van der Waals surface area contributed by atoms with Gasteiger partial charge in [0.15, 0.2) is 5.78 Å². The molecule has 94 valence electrons. The van der Waals surface area contributed by atoms with Crippen molar-refractivity contribution in [3.05, 3.63) is 35.9 Å². The average molecular weight is 246 g/mol. The molecule has 0 spiro atoms. The summed E-state index contributed by atoms with van der Waals surface area (Å²) in [6, 6.07) is 7.40. The second kappa shape index (κ2) is 6.83. The molecule has 0 fully saturated rings.